The fourth-order valence-electron chi connectivity index (χ4n) is 6.30. The average molecular weight is 639 g/mol. The number of unbranched alkanes of at least 4 members (excludes halogenated alkanes) is 2. The van der Waals surface area contributed by atoms with E-state index in [1.54, 1.807) is 13.2 Å². The van der Waals surface area contributed by atoms with Crippen molar-refractivity contribution in [3.05, 3.63) is 84.4 Å². The van der Waals surface area contributed by atoms with Gasteiger partial charge in [0.15, 0.2) is 11.5 Å². The molecule has 0 aromatic heterocycles. The molecule has 1 aliphatic rings. The molecule has 0 saturated carbocycles. The molecule has 1 heterocycles. The van der Waals surface area contributed by atoms with Crippen molar-refractivity contribution in [2.75, 3.05) is 25.2 Å². The van der Waals surface area contributed by atoms with Gasteiger partial charge in [-0.1, -0.05) is 100 Å². The smallest absolute Gasteiger partial charge is 0.261 e. The lowest BCUT2D eigenvalue weighted by Crippen LogP contribution is -2.66. The standard InChI is InChI=1S/C36H50O4S2Si/c1-35(2,3)43(31-16-9-5-10-17-31,32-18-11-6-12-19-32)40-24-13-7-8-15-30(37)28-36(41-25-14-26-42-36)23-22-29-20-21-33(38)34(27-29)39-4/h5-6,9-12,16-21,27,30,37-38H,7-8,13-15,22-26,28H2,1-4H3/t30-/m0/s1. The Kier molecular flexibility index (Phi) is 12.6. The highest BCUT2D eigenvalue weighted by molar-refractivity contribution is 8.18. The number of thioether (sulfide) groups is 2. The van der Waals surface area contributed by atoms with E-state index < -0.39 is 8.32 Å². The number of methoxy groups -OCH3 is 1. The number of hydrogen-bond acceptors (Lipinski definition) is 6. The third kappa shape index (κ3) is 8.85. The van der Waals surface area contributed by atoms with E-state index in [1.165, 1.54) is 16.8 Å². The molecular weight excluding hydrogens is 589 g/mol. The van der Waals surface area contributed by atoms with Crippen LogP contribution in [0.5, 0.6) is 11.5 Å². The Labute approximate surface area is 269 Å². The summed E-state index contributed by atoms with van der Waals surface area (Å²) in [7, 11) is -0.906. The summed E-state index contributed by atoms with van der Waals surface area (Å²) in [4.78, 5) is 0. The Bertz CT molecular complexity index is 1200. The molecule has 1 saturated heterocycles. The molecule has 3 aromatic carbocycles. The van der Waals surface area contributed by atoms with Crippen LogP contribution in [0.15, 0.2) is 78.9 Å². The van der Waals surface area contributed by atoms with Crippen LogP contribution in [0.4, 0.5) is 0 Å². The summed E-state index contributed by atoms with van der Waals surface area (Å²) in [6.07, 6.45) is 7.53. The lowest BCUT2D eigenvalue weighted by Gasteiger charge is -2.43. The number of aliphatic hydroxyl groups is 1. The lowest BCUT2D eigenvalue weighted by molar-refractivity contribution is 0.145. The monoisotopic (exact) mass is 638 g/mol. The van der Waals surface area contributed by atoms with E-state index in [2.05, 4.69) is 81.4 Å². The van der Waals surface area contributed by atoms with Gasteiger partial charge < -0.3 is 19.4 Å². The number of aliphatic hydroxyl groups excluding tert-OH is 1. The number of benzene rings is 3. The van der Waals surface area contributed by atoms with Gasteiger partial charge in [-0.15, -0.1) is 23.5 Å². The molecule has 1 aliphatic heterocycles. The second kappa shape index (κ2) is 15.9. The minimum Gasteiger partial charge on any atom is -0.504 e. The minimum atomic E-state index is -2.49. The Balaban J connectivity index is 1.31. The van der Waals surface area contributed by atoms with Crippen LogP contribution in [-0.4, -0.2) is 53.9 Å². The molecule has 7 heteroatoms. The summed E-state index contributed by atoms with van der Waals surface area (Å²) in [6, 6.07) is 27.3. The maximum atomic E-state index is 11.2. The van der Waals surface area contributed by atoms with Crippen molar-refractivity contribution in [3.63, 3.8) is 0 Å². The summed E-state index contributed by atoms with van der Waals surface area (Å²) in [5, 5.41) is 23.8. The molecule has 1 fully saturated rings. The summed E-state index contributed by atoms with van der Waals surface area (Å²) >= 11 is 4.05. The Morgan fingerprint density at radius 3 is 2.09 bits per heavy atom. The maximum Gasteiger partial charge on any atom is 0.261 e. The second-order valence-corrected chi connectivity index (χ2v) is 20.2. The predicted molar refractivity (Wildman–Crippen MR) is 188 cm³/mol. The summed E-state index contributed by atoms with van der Waals surface area (Å²) in [6.45, 7) is 7.70. The number of aryl methyl sites for hydroxylation is 1. The fourth-order valence-corrected chi connectivity index (χ4v) is 14.4. The molecular formula is C36H50O4S2Si. The molecule has 43 heavy (non-hydrogen) atoms. The predicted octanol–water partition coefficient (Wildman–Crippen LogP) is 7.79. The van der Waals surface area contributed by atoms with Crippen molar-refractivity contribution >= 4 is 42.2 Å². The normalized spacial score (nSPS) is 16.1. The third-order valence-electron chi connectivity index (χ3n) is 8.52. The quantitative estimate of drug-likeness (QED) is 0.131. The number of aromatic hydroxyl groups is 1. The van der Waals surface area contributed by atoms with Gasteiger partial charge >= 0.3 is 0 Å². The average Bonchev–Trinajstić information content (AvgIpc) is 3.01. The van der Waals surface area contributed by atoms with Crippen LogP contribution in [0.25, 0.3) is 0 Å². The molecule has 0 amide bonds. The first kappa shape index (κ1) is 34.0. The van der Waals surface area contributed by atoms with E-state index in [4.69, 9.17) is 9.16 Å². The number of phenolic OH excluding ortho intramolecular Hbond substituents is 1. The molecule has 0 radical (unpaired) electrons. The number of hydrogen-bond donors (Lipinski definition) is 2. The number of rotatable bonds is 15. The van der Waals surface area contributed by atoms with Crippen molar-refractivity contribution in [1.29, 1.82) is 0 Å². The fraction of sp³-hybridized carbons (Fsp3) is 0.500. The van der Waals surface area contributed by atoms with Gasteiger partial charge in [-0.3, -0.25) is 0 Å². The molecule has 3 aromatic rings. The van der Waals surface area contributed by atoms with Gasteiger partial charge in [0.25, 0.3) is 8.32 Å². The maximum absolute atomic E-state index is 11.2. The van der Waals surface area contributed by atoms with Crippen molar-refractivity contribution in [2.24, 2.45) is 0 Å². The van der Waals surface area contributed by atoms with E-state index in [0.29, 0.717) is 5.75 Å². The summed E-state index contributed by atoms with van der Waals surface area (Å²) in [5.41, 5.74) is 1.16. The van der Waals surface area contributed by atoms with E-state index in [1.807, 2.05) is 35.7 Å². The third-order valence-corrected chi connectivity index (χ3v) is 17.1. The number of ether oxygens (including phenoxy) is 1. The van der Waals surface area contributed by atoms with Crippen molar-refractivity contribution in [3.8, 4) is 11.5 Å². The highest BCUT2D eigenvalue weighted by Gasteiger charge is 2.50. The molecule has 0 aliphatic carbocycles. The largest absolute Gasteiger partial charge is 0.504 e. The SMILES string of the molecule is COc1cc(CCC2(C[C@@H](O)CCCCCO[Si](c3ccccc3)(c3ccccc3)C(C)(C)C)SCCCS2)ccc1O. The van der Waals surface area contributed by atoms with Gasteiger partial charge in [-0.2, -0.15) is 0 Å². The van der Waals surface area contributed by atoms with Crippen LogP contribution < -0.4 is 15.1 Å². The van der Waals surface area contributed by atoms with Gasteiger partial charge in [0.1, 0.15) is 0 Å². The van der Waals surface area contributed by atoms with Crippen LogP contribution in [0.1, 0.15) is 71.3 Å². The van der Waals surface area contributed by atoms with E-state index in [-0.39, 0.29) is 21.0 Å². The molecule has 1 atom stereocenters. The lowest BCUT2D eigenvalue weighted by atomic mass is 10.0. The van der Waals surface area contributed by atoms with Crippen LogP contribution in [0.2, 0.25) is 5.04 Å². The topological polar surface area (TPSA) is 58.9 Å². The Morgan fingerprint density at radius 2 is 1.51 bits per heavy atom. The molecule has 0 bridgehead atoms. The van der Waals surface area contributed by atoms with Crippen LogP contribution in [0, 0.1) is 0 Å². The van der Waals surface area contributed by atoms with Crippen molar-refractivity contribution in [1.82, 2.24) is 0 Å². The zero-order chi connectivity index (χ0) is 30.8. The molecule has 2 N–H and O–H groups in total. The zero-order valence-corrected chi connectivity index (χ0v) is 29.0. The van der Waals surface area contributed by atoms with Gasteiger partial charge in [-0.25, -0.2) is 0 Å². The van der Waals surface area contributed by atoms with E-state index in [9.17, 15) is 10.2 Å². The molecule has 0 unspecified atom stereocenters. The van der Waals surface area contributed by atoms with Crippen molar-refractivity contribution in [2.45, 2.75) is 87.4 Å². The first-order valence-corrected chi connectivity index (χ1v) is 19.6. The van der Waals surface area contributed by atoms with E-state index in [0.717, 1.165) is 68.6 Å². The van der Waals surface area contributed by atoms with Gasteiger partial charge in [0, 0.05) is 6.61 Å². The molecule has 4 nitrogen and oxygen atoms in total. The van der Waals surface area contributed by atoms with Crippen LogP contribution >= 0.6 is 23.5 Å². The highest BCUT2D eigenvalue weighted by atomic mass is 32.2. The van der Waals surface area contributed by atoms with Gasteiger partial charge in [-0.05, 0) is 83.1 Å². The highest BCUT2D eigenvalue weighted by Crippen LogP contribution is 2.49. The molecule has 0 spiro atoms. The number of phenols is 1. The molecule has 234 valence electrons. The first-order valence-electron chi connectivity index (χ1n) is 15.8. The van der Waals surface area contributed by atoms with Gasteiger partial charge in [0.05, 0.1) is 17.3 Å². The van der Waals surface area contributed by atoms with E-state index >= 15 is 0 Å². The van der Waals surface area contributed by atoms with Gasteiger partial charge in [0.2, 0.25) is 0 Å². The minimum absolute atomic E-state index is 0.0131. The van der Waals surface area contributed by atoms with Crippen molar-refractivity contribution < 1.29 is 19.4 Å². The first-order chi connectivity index (χ1) is 20.7. The Morgan fingerprint density at radius 1 is 0.884 bits per heavy atom. The van der Waals surface area contributed by atoms with Crippen LogP contribution in [0.3, 0.4) is 0 Å². The second-order valence-electron chi connectivity index (χ2n) is 12.7. The zero-order valence-electron chi connectivity index (χ0n) is 26.4. The summed E-state index contributed by atoms with van der Waals surface area (Å²) in [5.74, 6) is 3.00. The van der Waals surface area contributed by atoms with Crippen LogP contribution in [-0.2, 0) is 10.8 Å². The Hall–Kier alpha value is -1.90. The molecule has 4 rings (SSSR count). The summed E-state index contributed by atoms with van der Waals surface area (Å²) < 4.78 is 12.4.